The summed E-state index contributed by atoms with van der Waals surface area (Å²) in [5.41, 5.74) is 0.0714. The van der Waals surface area contributed by atoms with Gasteiger partial charge in [0.25, 0.3) is 23.4 Å². The maximum absolute atomic E-state index is 13.1. The monoisotopic (exact) mass is 588 g/mol. The van der Waals surface area contributed by atoms with Gasteiger partial charge in [0.15, 0.2) is 12.4 Å². The largest absolute Gasteiger partial charge is 0.481 e. The van der Waals surface area contributed by atoms with Gasteiger partial charge < -0.3 is 10.1 Å². The Morgan fingerprint density at radius 2 is 1.62 bits per heavy atom. The van der Waals surface area contributed by atoms with Crippen LogP contribution in [0, 0.1) is 10.1 Å². The molecule has 4 rings (SSSR count). The Hall–Kier alpha value is -4.45. The van der Waals surface area contributed by atoms with Crippen molar-refractivity contribution in [3.8, 4) is 5.75 Å². The Morgan fingerprint density at radius 1 is 1.00 bits per heavy atom. The zero-order valence-corrected chi connectivity index (χ0v) is 21.7. The number of nitro benzene ring substituents is 1. The van der Waals surface area contributed by atoms with Gasteiger partial charge in [-0.3, -0.25) is 29.8 Å². The summed E-state index contributed by atoms with van der Waals surface area (Å²) in [7, 11) is 0. The van der Waals surface area contributed by atoms with Gasteiger partial charge in [-0.1, -0.05) is 34.8 Å². The number of ether oxygens (including phenoxy) is 1. The van der Waals surface area contributed by atoms with Gasteiger partial charge in [-0.25, -0.2) is 9.69 Å². The van der Waals surface area contributed by atoms with Crippen molar-refractivity contribution in [2.75, 3.05) is 16.8 Å². The molecule has 3 aromatic carbocycles. The normalized spacial score (nSPS) is 14.3. The first-order chi connectivity index (χ1) is 18.5. The zero-order valence-electron chi connectivity index (χ0n) is 19.4. The van der Waals surface area contributed by atoms with Crippen molar-refractivity contribution >= 4 is 81.7 Å². The maximum Gasteiger partial charge on any atom is 0.335 e. The van der Waals surface area contributed by atoms with Crippen LogP contribution in [-0.4, -0.2) is 35.3 Å². The molecule has 2 N–H and O–H groups in total. The van der Waals surface area contributed by atoms with E-state index in [1.807, 2.05) is 5.32 Å². The SMILES string of the molecule is O=C(COc1c(Cl)cc(/C=C2\C(=O)NC(=O)N(c3ccc([N+](=O)[O-])cc3)C2=O)cc1Cl)Nc1ccc(Cl)cc1. The predicted molar refractivity (Wildman–Crippen MR) is 144 cm³/mol. The second kappa shape index (κ2) is 11.5. The van der Waals surface area contributed by atoms with Gasteiger partial charge in [-0.05, 0) is 60.2 Å². The van der Waals surface area contributed by atoms with Crippen LogP contribution < -0.4 is 20.3 Å². The van der Waals surface area contributed by atoms with Crippen molar-refractivity contribution in [3.05, 3.63) is 97.0 Å². The number of carbonyl (C=O) groups excluding carboxylic acids is 4. The first-order valence-electron chi connectivity index (χ1n) is 10.9. The van der Waals surface area contributed by atoms with E-state index in [0.717, 1.165) is 18.2 Å². The summed E-state index contributed by atoms with van der Waals surface area (Å²) in [5.74, 6) is -2.43. The molecule has 39 heavy (non-hydrogen) atoms. The lowest BCUT2D eigenvalue weighted by Crippen LogP contribution is -2.54. The molecule has 1 aliphatic heterocycles. The Kier molecular flexibility index (Phi) is 8.15. The third-order valence-corrected chi connectivity index (χ3v) is 6.04. The molecule has 1 saturated heterocycles. The molecule has 0 bridgehead atoms. The number of carbonyl (C=O) groups is 4. The number of nitrogens with one attached hydrogen (secondary N) is 2. The molecule has 5 amide bonds. The summed E-state index contributed by atoms with van der Waals surface area (Å²) >= 11 is 18.4. The molecule has 14 heteroatoms. The zero-order chi connectivity index (χ0) is 28.3. The Morgan fingerprint density at radius 3 is 2.21 bits per heavy atom. The fraction of sp³-hybridized carbons (Fsp3) is 0.0400. The first kappa shape index (κ1) is 27.6. The van der Waals surface area contributed by atoms with Crippen molar-refractivity contribution in [2.24, 2.45) is 0 Å². The van der Waals surface area contributed by atoms with Gasteiger partial charge in [-0.15, -0.1) is 0 Å². The fourth-order valence-electron chi connectivity index (χ4n) is 3.45. The second-order valence-corrected chi connectivity index (χ2v) is 9.14. The van der Waals surface area contributed by atoms with Crippen LogP contribution in [0.15, 0.2) is 66.2 Å². The highest BCUT2D eigenvalue weighted by atomic mass is 35.5. The molecule has 0 radical (unpaired) electrons. The molecule has 11 nitrogen and oxygen atoms in total. The number of barbiturate groups is 1. The van der Waals surface area contributed by atoms with E-state index in [9.17, 15) is 29.3 Å². The first-order valence-corrected chi connectivity index (χ1v) is 12.0. The lowest BCUT2D eigenvalue weighted by molar-refractivity contribution is -0.384. The molecular weight excluding hydrogens is 575 g/mol. The summed E-state index contributed by atoms with van der Waals surface area (Å²) < 4.78 is 5.46. The lowest BCUT2D eigenvalue weighted by Gasteiger charge is -2.26. The van der Waals surface area contributed by atoms with E-state index >= 15 is 0 Å². The van der Waals surface area contributed by atoms with Crippen molar-refractivity contribution in [1.82, 2.24) is 5.32 Å². The highest BCUT2D eigenvalue weighted by Gasteiger charge is 2.37. The third kappa shape index (κ3) is 6.34. The van der Waals surface area contributed by atoms with E-state index in [-0.39, 0.29) is 32.7 Å². The van der Waals surface area contributed by atoms with E-state index in [1.165, 1.54) is 24.3 Å². The number of non-ortho nitro benzene ring substituents is 1. The molecule has 1 fully saturated rings. The smallest absolute Gasteiger partial charge is 0.335 e. The van der Waals surface area contributed by atoms with Gasteiger partial charge in [0.05, 0.1) is 20.7 Å². The molecule has 1 heterocycles. The van der Waals surface area contributed by atoms with Crippen molar-refractivity contribution in [1.29, 1.82) is 0 Å². The summed E-state index contributed by atoms with van der Waals surface area (Å²) in [5, 5.41) is 16.0. The Labute approximate surface area is 235 Å². The molecule has 0 saturated carbocycles. The highest BCUT2D eigenvalue weighted by Crippen LogP contribution is 2.35. The number of imide groups is 2. The van der Waals surface area contributed by atoms with Crippen LogP contribution in [0.1, 0.15) is 5.56 Å². The van der Waals surface area contributed by atoms with Crippen LogP contribution in [0.5, 0.6) is 5.75 Å². The van der Waals surface area contributed by atoms with Crippen LogP contribution in [0.2, 0.25) is 15.1 Å². The lowest BCUT2D eigenvalue weighted by atomic mass is 10.1. The third-order valence-electron chi connectivity index (χ3n) is 5.23. The van der Waals surface area contributed by atoms with Crippen LogP contribution in [0.25, 0.3) is 6.08 Å². The minimum Gasteiger partial charge on any atom is -0.481 e. The van der Waals surface area contributed by atoms with E-state index in [4.69, 9.17) is 39.5 Å². The molecular formula is C25H15Cl3N4O7. The molecule has 0 atom stereocenters. The van der Waals surface area contributed by atoms with Gasteiger partial charge >= 0.3 is 6.03 Å². The van der Waals surface area contributed by atoms with E-state index in [1.54, 1.807) is 24.3 Å². The minimum atomic E-state index is -1.02. The molecule has 198 valence electrons. The number of halogens is 3. The van der Waals surface area contributed by atoms with Crippen molar-refractivity contribution in [3.63, 3.8) is 0 Å². The number of benzene rings is 3. The number of amides is 5. The minimum absolute atomic E-state index is 0.00570. The molecule has 0 aromatic heterocycles. The Balaban J connectivity index is 1.52. The van der Waals surface area contributed by atoms with Gasteiger partial charge in [0, 0.05) is 22.8 Å². The number of hydrogen-bond acceptors (Lipinski definition) is 7. The van der Waals surface area contributed by atoms with Gasteiger partial charge in [-0.2, -0.15) is 0 Å². The second-order valence-electron chi connectivity index (χ2n) is 7.89. The molecule has 1 aliphatic rings. The number of rotatable bonds is 7. The molecule has 0 unspecified atom stereocenters. The molecule has 0 aliphatic carbocycles. The predicted octanol–water partition coefficient (Wildman–Crippen LogP) is 5.24. The maximum atomic E-state index is 13.1. The molecule has 0 spiro atoms. The standard InChI is InChI=1S/C25H15Cl3N4O7/c26-14-1-3-15(4-2-14)29-21(33)12-39-22-19(27)10-13(11-20(22)28)9-18-23(34)30-25(36)31(24(18)35)16-5-7-17(8-6-16)32(37)38/h1-11H,12H2,(H,29,33)(H,30,34,36)/b18-9+. The fourth-order valence-corrected chi connectivity index (χ4v) is 4.19. The topological polar surface area (TPSA) is 148 Å². The van der Waals surface area contributed by atoms with E-state index < -0.39 is 40.9 Å². The summed E-state index contributed by atoms with van der Waals surface area (Å²) in [6, 6.07) is 12.7. The number of urea groups is 1. The average Bonchev–Trinajstić information content (AvgIpc) is 2.87. The molecule has 3 aromatic rings. The number of hydrogen-bond donors (Lipinski definition) is 2. The average molecular weight is 590 g/mol. The summed E-state index contributed by atoms with van der Waals surface area (Å²) in [6.45, 7) is -0.421. The van der Waals surface area contributed by atoms with Crippen LogP contribution in [-0.2, 0) is 14.4 Å². The highest BCUT2D eigenvalue weighted by molar-refractivity contribution is 6.40. The van der Waals surface area contributed by atoms with Crippen molar-refractivity contribution < 1.29 is 28.8 Å². The number of nitrogens with zero attached hydrogens (tertiary/aromatic N) is 2. The Bertz CT molecular complexity index is 1520. The van der Waals surface area contributed by atoms with Crippen LogP contribution in [0.4, 0.5) is 21.9 Å². The van der Waals surface area contributed by atoms with Crippen LogP contribution >= 0.6 is 34.8 Å². The number of nitro groups is 1. The van der Waals surface area contributed by atoms with Crippen LogP contribution in [0.3, 0.4) is 0 Å². The van der Waals surface area contributed by atoms with Gasteiger partial charge in [0.1, 0.15) is 5.57 Å². The summed E-state index contributed by atoms with van der Waals surface area (Å²) in [4.78, 5) is 61.0. The quantitative estimate of drug-likeness (QED) is 0.166. The van der Waals surface area contributed by atoms with Gasteiger partial charge in [0.2, 0.25) is 0 Å². The van der Waals surface area contributed by atoms with Crippen molar-refractivity contribution in [2.45, 2.75) is 0 Å². The van der Waals surface area contributed by atoms with E-state index in [0.29, 0.717) is 15.6 Å². The number of anilines is 2. The van der Waals surface area contributed by atoms with E-state index in [2.05, 4.69) is 5.32 Å². The summed E-state index contributed by atoms with van der Waals surface area (Å²) in [6.07, 6.45) is 1.16.